The van der Waals surface area contributed by atoms with Crippen molar-refractivity contribution in [3.8, 4) is 0 Å². The van der Waals surface area contributed by atoms with Gasteiger partial charge in [0.2, 0.25) is 0 Å². The molecule has 0 bridgehead atoms. The van der Waals surface area contributed by atoms with Gasteiger partial charge in [0.15, 0.2) is 0 Å². The van der Waals surface area contributed by atoms with Gasteiger partial charge in [-0.15, -0.1) is 0 Å². The van der Waals surface area contributed by atoms with Gasteiger partial charge < -0.3 is 15.4 Å². The van der Waals surface area contributed by atoms with Gasteiger partial charge in [-0.05, 0) is 50.6 Å². The van der Waals surface area contributed by atoms with Crippen LogP contribution in [0.2, 0.25) is 0 Å². The number of hydrogen-bond acceptors (Lipinski definition) is 3. The number of rotatable bonds is 2. The van der Waals surface area contributed by atoms with Crippen molar-refractivity contribution in [2.45, 2.75) is 71.4 Å². The molecule has 0 radical (unpaired) electrons. The summed E-state index contributed by atoms with van der Waals surface area (Å²) in [7, 11) is 0. The second-order valence-electron chi connectivity index (χ2n) is 9.10. The second kappa shape index (κ2) is 5.21. The highest BCUT2D eigenvalue weighted by molar-refractivity contribution is 5.20. The van der Waals surface area contributed by atoms with Gasteiger partial charge in [-0.3, -0.25) is 0 Å². The molecule has 2 N–H and O–H groups in total. The van der Waals surface area contributed by atoms with E-state index in [1.165, 1.54) is 45.2 Å². The Kier molecular flexibility index (Phi) is 3.91. The highest BCUT2D eigenvalue weighted by atomic mass is 16.5. The number of likely N-dealkylation sites (tertiary alicyclic amines) is 1. The van der Waals surface area contributed by atoms with Crippen LogP contribution in [-0.4, -0.2) is 42.8 Å². The Morgan fingerprint density at radius 3 is 2.62 bits per heavy atom. The van der Waals surface area contributed by atoms with Gasteiger partial charge >= 0.3 is 0 Å². The molecule has 3 fully saturated rings. The van der Waals surface area contributed by atoms with E-state index in [0.29, 0.717) is 17.4 Å². The molecule has 0 aromatic heterocycles. The van der Waals surface area contributed by atoms with Crippen LogP contribution >= 0.6 is 0 Å². The van der Waals surface area contributed by atoms with E-state index in [-0.39, 0.29) is 11.0 Å². The molecule has 2 saturated heterocycles. The Morgan fingerprint density at radius 2 is 1.86 bits per heavy atom. The molecule has 3 aliphatic rings. The maximum absolute atomic E-state index is 6.96. The van der Waals surface area contributed by atoms with Crippen LogP contribution in [-0.2, 0) is 4.74 Å². The lowest BCUT2D eigenvalue weighted by Crippen LogP contribution is -2.80. The molecule has 3 rings (SSSR count). The lowest BCUT2D eigenvalue weighted by Gasteiger charge is -2.67. The van der Waals surface area contributed by atoms with E-state index < -0.39 is 0 Å². The molecule has 3 heteroatoms. The summed E-state index contributed by atoms with van der Waals surface area (Å²) in [5.74, 6) is 0.567. The van der Waals surface area contributed by atoms with Crippen molar-refractivity contribution in [2.75, 3.05) is 26.2 Å². The topological polar surface area (TPSA) is 38.5 Å². The predicted octanol–water partition coefficient (Wildman–Crippen LogP) is 3.03. The number of hydrogen-bond donors (Lipinski definition) is 1. The Balaban J connectivity index is 1.68. The van der Waals surface area contributed by atoms with Crippen LogP contribution in [0.4, 0.5) is 0 Å². The van der Waals surface area contributed by atoms with Gasteiger partial charge in [0, 0.05) is 30.0 Å². The predicted molar refractivity (Wildman–Crippen MR) is 87.2 cm³/mol. The van der Waals surface area contributed by atoms with Gasteiger partial charge in [0.25, 0.3) is 0 Å². The molecule has 21 heavy (non-hydrogen) atoms. The smallest absolute Gasteiger partial charge is 0.0690 e. The lowest BCUT2D eigenvalue weighted by molar-refractivity contribution is -0.232. The summed E-state index contributed by atoms with van der Waals surface area (Å²) in [6.45, 7) is 13.9. The summed E-state index contributed by atoms with van der Waals surface area (Å²) >= 11 is 0. The molecule has 0 amide bonds. The van der Waals surface area contributed by atoms with Crippen LogP contribution in [0, 0.1) is 16.7 Å². The molecule has 0 spiro atoms. The zero-order chi connectivity index (χ0) is 15.3. The summed E-state index contributed by atoms with van der Waals surface area (Å²) in [6.07, 6.45) is 6.79. The summed E-state index contributed by atoms with van der Waals surface area (Å²) in [5.41, 5.74) is 7.51. The monoisotopic (exact) mass is 294 g/mol. The number of fused-ring (bicyclic) bond motifs is 1. The van der Waals surface area contributed by atoms with Crippen LogP contribution in [0.25, 0.3) is 0 Å². The maximum atomic E-state index is 6.96. The van der Waals surface area contributed by atoms with E-state index >= 15 is 0 Å². The normalized spacial score (nSPS) is 42.7. The fourth-order valence-corrected chi connectivity index (χ4v) is 4.99. The van der Waals surface area contributed by atoms with E-state index in [2.05, 4.69) is 32.6 Å². The first-order valence-corrected chi connectivity index (χ1v) is 8.89. The van der Waals surface area contributed by atoms with Crippen molar-refractivity contribution in [3.63, 3.8) is 0 Å². The minimum atomic E-state index is -0.0629. The van der Waals surface area contributed by atoms with Gasteiger partial charge in [-0.1, -0.05) is 27.7 Å². The Bertz CT molecular complexity index is 393. The van der Waals surface area contributed by atoms with Crippen LogP contribution in [0.3, 0.4) is 0 Å². The molecule has 1 aliphatic carbocycles. The fourth-order valence-electron chi connectivity index (χ4n) is 4.99. The largest absolute Gasteiger partial charge is 0.377 e. The summed E-state index contributed by atoms with van der Waals surface area (Å²) in [6, 6.07) is 0. The summed E-state index contributed by atoms with van der Waals surface area (Å²) in [5, 5.41) is 0. The molecule has 3 atom stereocenters. The Labute approximate surface area is 130 Å². The molecule has 2 heterocycles. The Hall–Kier alpha value is -0.120. The minimum absolute atomic E-state index is 0.0629. The molecule has 122 valence electrons. The van der Waals surface area contributed by atoms with Crippen LogP contribution < -0.4 is 5.73 Å². The summed E-state index contributed by atoms with van der Waals surface area (Å²) in [4.78, 5) is 2.64. The molecule has 2 aliphatic heterocycles. The zero-order valence-electron chi connectivity index (χ0n) is 14.5. The van der Waals surface area contributed by atoms with E-state index in [4.69, 9.17) is 10.5 Å². The van der Waals surface area contributed by atoms with Gasteiger partial charge in [-0.2, -0.15) is 0 Å². The first-order chi connectivity index (χ1) is 9.76. The van der Waals surface area contributed by atoms with E-state index in [9.17, 15) is 0 Å². The molecule has 0 aromatic carbocycles. The summed E-state index contributed by atoms with van der Waals surface area (Å²) < 4.78 is 6.04. The van der Waals surface area contributed by atoms with Crippen molar-refractivity contribution >= 4 is 0 Å². The third-order valence-corrected chi connectivity index (χ3v) is 6.81. The van der Waals surface area contributed by atoms with E-state index in [0.717, 1.165) is 13.2 Å². The van der Waals surface area contributed by atoms with E-state index in [1.54, 1.807) is 0 Å². The van der Waals surface area contributed by atoms with Gasteiger partial charge in [0.05, 0.1) is 6.10 Å². The second-order valence-corrected chi connectivity index (χ2v) is 9.10. The van der Waals surface area contributed by atoms with Gasteiger partial charge in [-0.25, -0.2) is 0 Å². The van der Waals surface area contributed by atoms with E-state index in [1.807, 2.05) is 0 Å². The lowest BCUT2D eigenvalue weighted by atomic mass is 9.46. The highest BCUT2D eigenvalue weighted by Crippen LogP contribution is 2.57. The molecule has 0 aromatic rings. The first-order valence-electron chi connectivity index (χ1n) is 8.89. The standard InChI is InChI=1S/C18H34N2O/c1-16(2)8-6-10-20(11-9-16)13-18(19)14-7-5-12-21-15(14)17(18,3)4/h14-15H,5-13,19H2,1-4H3. The third-order valence-electron chi connectivity index (χ3n) is 6.81. The average molecular weight is 294 g/mol. The quantitative estimate of drug-likeness (QED) is 0.851. The SMILES string of the molecule is CC1(C)CCCN(CC2(N)C3CCCOC3C2(C)C)CC1. The van der Waals surface area contributed by atoms with Crippen LogP contribution in [0.1, 0.15) is 59.8 Å². The number of ether oxygens (including phenoxy) is 1. The molecular formula is C18H34N2O. The van der Waals surface area contributed by atoms with Crippen molar-refractivity contribution in [1.82, 2.24) is 4.90 Å². The van der Waals surface area contributed by atoms with Crippen molar-refractivity contribution < 1.29 is 4.74 Å². The highest BCUT2D eigenvalue weighted by Gasteiger charge is 2.66. The van der Waals surface area contributed by atoms with Crippen molar-refractivity contribution in [1.29, 1.82) is 0 Å². The van der Waals surface area contributed by atoms with Crippen molar-refractivity contribution in [3.05, 3.63) is 0 Å². The number of nitrogens with zero attached hydrogens (tertiary/aromatic N) is 1. The zero-order valence-corrected chi connectivity index (χ0v) is 14.5. The Morgan fingerprint density at radius 1 is 1.10 bits per heavy atom. The first kappa shape index (κ1) is 15.8. The average Bonchev–Trinajstić information content (AvgIpc) is 2.60. The van der Waals surface area contributed by atoms with Crippen LogP contribution in [0.15, 0.2) is 0 Å². The van der Waals surface area contributed by atoms with Gasteiger partial charge in [0.1, 0.15) is 0 Å². The third kappa shape index (κ3) is 2.55. The molecule has 3 nitrogen and oxygen atoms in total. The van der Waals surface area contributed by atoms with Crippen molar-refractivity contribution in [2.24, 2.45) is 22.5 Å². The van der Waals surface area contributed by atoms with Crippen LogP contribution in [0.5, 0.6) is 0 Å². The fraction of sp³-hybridized carbons (Fsp3) is 1.00. The number of nitrogens with two attached hydrogens (primary N) is 1. The maximum Gasteiger partial charge on any atom is 0.0690 e. The minimum Gasteiger partial charge on any atom is -0.377 e. The molecule has 3 unspecified atom stereocenters. The molecule has 1 saturated carbocycles. The molecular weight excluding hydrogens is 260 g/mol.